The van der Waals surface area contributed by atoms with Crippen LogP contribution in [0.1, 0.15) is 31.9 Å². The molecule has 2 aromatic rings. The molecule has 0 saturated heterocycles. The van der Waals surface area contributed by atoms with E-state index < -0.39 is 11.9 Å². The zero-order valence-corrected chi connectivity index (χ0v) is 17.4. The normalized spacial score (nSPS) is 11.8. The number of benzene rings is 2. The molecule has 0 heterocycles. The van der Waals surface area contributed by atoms with Crippen LogP contribution in [0.5, 0.6) is 5.75 Å². The molecule has 1 N–H and O–H groups in total. The summed E-state index contributed by atoms with van der Waals surface area (Å²) < 4.78 is 19.2. The Bertz CT molecular complexity index is 838. The summed E-state index contributed by atoms with van der Waals surface area (Å²) in [6, 6.07) is 12.9. The Morgan fingerprint density at radius 3 is 2.38 bits per heavy atom. The van der Waals surface area contributed by atoms with E-state index in [0.717, 1.165) is 11.1 Å². The largest absolute Gasteiger partial charge is 0.481 e. The van der Waals surface area contributed by atoms with Crippen molar-refractivity contribution in [3.63, 3.8) is 0 Å². The number of para-hydroxylation sites is 1. The molecule has 29 heavy (non-hydrogen) atoms. The predicted octanol–water partition coefficient (Wildman–Crippen LogP) is 3.70. The summed E-state index contributed by atoms with van der Waals surface area (Å²) in [6.45, 7) is 8.09. The Morgan fingerprint density at radius 2 is 1.72 bits per heavy atom. The minimum Gasteiger partial charge on any atom is -0.481 e. The lowest BCUT2D eigenvalue weighted by Gasteiger charge is -2.29. The van der Waals surface area contributed by atoms with Crippen LogP contribution in [0.15, 0.2) is 48.5 Å². The molecular formula is C23H29FN2O3. The number of carbonyl (C=O) groups is 2. The lowest BCUT2D eigenvalue weighted by atomic mass is 10.1. The summed E-state index contributed by atoms with van der Waals surface area (Å²) in [5, 5.41) is 2.87. The van der Waals surface area contributed by atoms with E-state index >= 15 is 0 Å². The standard InChI is InChI=1S/C23H29FN2O3/c1-16(2)13-25-23(28)18(4)26(14-19-10-6-5-9-17(19)3)22(27)15-29-21-12-8-7-11-20(21)24/h5-12,16,18H,13-15H2,1-4H3,(H,25,28)/t18-/m0/s1. The van der Waals surface area contributed by atoms with Crippen LogP contribution < -0.4 is 10.1 Å². The number of amides is 2. The van der Waals surface area contributed by atoms with Gasteiger partial charge in [-0.1, -0.05) is 50.2 Å². The molecule has 0 fully saturated rings. The first-order valence-corrected chi connectivity index (χ1v) is 9.78. The highest BCUT2D eigenvalue weighted by Crippen LogP contribution is 2.17. The molecule has 6 heteroatoms. The average molecular weight is 400 g/mol. The van der Waals surface area contributed by atoms with Gasteiger partial charge < -0.3 is 15.0 Å². The molecule has 2 rings (SSSR count). The van der Waals surface area contributed by atoms with Crippen LogP contribution >= 0.6 is 0 Å². The number of rotatable bonds is 9. The molecule has 0 aliphatic carbocycles. The van der Waals surface area contributed by atoms with Crippen molar-refractivity contribution in [2.45, 2.75) is 40.3 Å². The molecule has 5 nitrogen and oxygen atoms in total. The molecule has 2 aromatic carbocycles. The Hall–Kier alpha value is -2.89. The Morgan fingerprint density at radius 1 is 1.07 bits per heavy atom. The van der Waals surface area contributed by atoms with Gasteiger partial charge in [-0.3, -0.25) is 9.59 Å². The molecule has 0 spiro atoms. The Labute approximate surface area is 171 Å². The highest BCUT2D eigenvalue weighted by Gasteiger charge is 2.27. The Kier molecular flexibility index (Phi) is 8.19. The zero-order chi connectivity index (χ0) is 21.4. The summed E-state index contributed by atoms with van der Waals surface area (Å²) in [7, 11) is 0. The number of hydrogen-bond donors (Lipinski definition) is 1. The number of aryl methyl sites for hydroxylation is 1. The van der Waals surface area contributed by atoms with Gasteiger partial charge in [0.05, 0.1) is 0 Å². The van der Waals surface area contributed by atoms with E-state index in [2.05, 4.69) is 5.32 Å². The zero-order valence-electron chi connectivity index (χ0n) is 17.4. The first kappa shape index (κ1) is 22.4. The first-order chi connectivity index (χ1) is 13.8. The number of nitrogens with zero attached hydrogens (tertiary/aromatic N) is 1. The third kappa shape index (κ3) is 6.59. The van der Waals surface area contributed by atoms with Gasteiger partial charge in [-0.05, 0) is 43.0 Å². The van der Waals surface area contributed by atoms with E-state index in [4.69, 9.17) is 4.74 Å². The Balaban J connectivity index is 2.16. The van der Waals surface area contributed by atoms with Crippen molar-refractivity contribution in [2.24, 2.45) is 5.92 Å². The summed E-state index contributed by atoms with van der Waals surface area (Å²) >= 11 is 0. The van der Waals surface area contributed by atoms with Crippen LogP contribution in [0.2, 0.25) is 0 Å². The highest BCUT2D eigenvalue weighted by molar-refractivity contribution is 5.88. The number of ether oxygens (including phenoxy) is 1. The molecule has 2 amide bonds. The quantitative estimate of drug-likeness (QED) is 0.698. The van der Waals surface area contributed by atoms with Crippen molar-refractivity contribution >= 4 is 11.8 Å². The van der Waals surface area contributed by atoms with Crippen molar-refractivity contribution in [2.75, 3.05) is 13.2 Å². The van der Waals surface area contributed by atoms with E-state index in [-0.39, 0.29) is 30.7 Å². The predicted molar refractivity (Wildman–Crippen MR) is 111 cm³/mol. The fourth-order valence-electron chi connectivity index (χ4n) is 2.79. The van der Waals surface area contributed by atoms with Gasteiger partial charge in [0.15, 0.2) is 18.2 Å². The van der Waals surface area contributed by atoms with E-state index in [9.17, 15) is 14.0 Å². The minimum absolute atomic E-state index is 0.00797. The second kappa shape index (κ2) is 10.6. The lowest BCUT2D eigenvalue weighted by molar-refractivity contribution is -0.142. The monoisotopic (exact) mass is 400 g/mol. The highest BCUT2D eigenvalue weighted by atomic mass is 19.1. The maximum Gasteiger partial charge on any atom is 0.261 e. The molecule has 0 unspecified atom stereocenters. The topological polar surface area (TPSA) is 58.6 Å². The summed E-state index contributed by atoms with van der Waals surface area (Å²) in [6.07, 6.45) is 0. The van der Waals surface area contributed by atoms with Crippen molar-refractivity contribution in [3.8, 4) is 5.75 Å². The maximum absolute atomic E-state index is 13.8. The van der Waals surface area contributed by atoms with Crippen LogP contribution in [0, 0.1) is 18.7 Å². The summed E-state index contributed by atoms with van der Waals surface area (Å²) in [5.41, 5.74) is 1.96. The molecule has 1 atom stereocenters. The summed E-state index contributed by atoms with van der Waals surface area (Å²) in [5.74, 6) is -0.839. The van der Waals surface area contributed by atoms with Gasteiger partial charge in [0.25, 0.3) is 5.91 Å². The molecule has 0 aliphatic heterocycles. The number of carbonyl (C=O) groups excluding carboxylic acids is 2. The smallest absolute Gasteiger partial charge is 0.261 e. The van der Waals surface area contributed by atoms with Crippen LogP contribution in [0.3, 0.4) is 0 Å². The average Bonchev–Trinajstić information content (AvgIpc) is 2.70. The van der Waals surface area contributed by atoms with E-state index in [1.807, 2.05) is 45.0 Å². The van der Waals surface area contributed by atoms with Gasteiger partial charge in [0.1, 0.15) is 6.04 Å². The van der Waals surface area contributed by atoms with Crippen molar-refractivity contribution < 1.29 is 18.7 Å². The van der Waals surface area contributed by atoms with E-state index in [1.165, 1.54) is 17.0 Å². The van der Waals surface area contributed by atoms with Crippen LogP contribution in [0.25, 0.3) is 0 Å². The van der Waals surface area contributed by atoms with Gasteiger partial charge in [0, 0.05) is 13.1 Å². The van der Waals surface area contributed by atoms with E-state index in [0.29, 0.717) is 12.5 Å². The molecule has 0 radical (unpaired) electrons. The third-order valence-electron chi connectivity index (χ3n) is 4.64. The molecule has 0 aliphatic rings. The number of halogens is 1. The van der Waals surface area contributed by atoms with E-state index in [1.54, 1.807) is 19.1 Å². The van der Waals surface area contributed by atoms with Crippen LogP contribution in [0.4, 0.5) is 4.39 Å². The van der Waals surface area contributed by atoms with Gasteiger partial charge in [0.2, 0.25) is 5.91 Å². The SMILES string of the molecule is Cc1ccccc1CN(C(=O)COc1ccccc1F)[C@@H](C)C(=O)NCC(C)C. The van der Waals surface area contributed by atoms with Gasteiger partial charge in [-0.25, -0.2) is 4.39 Å². The van der Waals surface area contributed by atoms with Crippen LogP contribution in [-0.4, -0.2) is 35.9 Å². The van der Waals surface area contributed by atoms with Gasteiger partial charge >= 0.3 is 0 Å². The fraction of sp³-hybridized carbons (Fsp3) is 0.391. The van der Waals surface area contributed by atoms with Crippen molar-refractivity contribution in [1.29, 1.82) is 0 Å². The lowest BCUT2D eigenvalue weighted by Crippen LogP contribution is -2.49. The van der Waals surface area contributed by atoms with Crippen molar-refractivity contribution in [1.82, 2.24) is 10.2 Å². The number of hydrogen-bond acceptors (Lipinski definition) is 3. The minimum atomic E-state index is -0.690. The third-order valence-corrected chi connectivity index (χ3v) is 4.64. The van der Waals surface area contributed by atoms with Gasteiger partial charge in [-0.2, -0.15) is 0 Å². The molecule has 156 valence electrons. The molecule has 0 aromatic heterocycles. The maximum atomic E-state index is 13.8. The molecule has 0 bridgehead atoms. The number of nitrogens with one attached hydrogen (secondary N) is 1. The van der Waals surface area contributed by atoms with Crippen LogP contribution in [-0.2, 0) is 16.1 Å². The second-order valence-corrected chi connectivity index (χ2v) is 7.48. The molecule has 0 saturated carbocycles. The van der Waals surface area contributed by atoms with Crippen molar-refractivity contribution in [3.05, 3.63) is 65.5 Å². The molecular weight excluding hydrogens is 371 g/mol. The summed E-state index contributed by atoms with van der Waals surface area (Å²) in [4.78, 5) is 27.0. The fourth-order valence-corrected chi connectivity index (χ4v) is 2.79. The van der Waals surface area contributed by atoms with Gasteiger partial charge in [-0.15, -0.1) is 0 Å². The second-order valence-electron chi connectivity index (χ2n) is 7.48. The first-order valence-electron chi connectivity index (χ1n) is 9.78.